The molecule has 0 radical (unpaired) electrons. The first-order valence-electron chi connectivity index (χ1n) is 11.2. The molecule has 2 aromatic rings. The Morgan fingerprint density at radius 1 is 1.16 bits per heavy atom. The monoisotopic (exact) mass is 432 g/mol. The second kappa shape index (κ2) is 12.7. The van der Waals surface area contributed by atoms with Crippen LogP contribution in [0.3, 0.4) is 0 Å². The van der Waals surface area contributed by atoms with Crippen molar-refractivity contribution in [2.24, 2.45) is 0 Å². The number of hydrogen-bond donors (Lipinski definition) is 1. The third-order valence-corrected chi connectivity index (χ3v) is 5.53. The number of nitrogens with zero attached hydrogens (tertiary/aromatic N) is 1. The van der Waals surface area contributed by atoms with Crippen molar-refractivity contribution in [2.75, 3.05) is 32.8 Å². The third-order valence-electron chi connectivity index (χ3n) is 5.53. The van der Waals surface area contributed by atoms with Gasteiger partial charge in [0.1, 0.15) is 5.78 Å². The Morgan fingerprint density at radius 3 is 2.81 bits per heavy atom. The van der Waals surface area contributed by atoms with Crippen LogP contribution in [0.15, 0.2) is 73.0 Å². The van der Waals surface area contributed by atoms with E-state index in [0.717, 1.165) is 55.7 Å². The Kier molecular flexibility index (Phi) is 9.41. The molecule has 0 aliphatic carbocycles. The van der Waals surface area contributed by atoms with Gasteiger partial charge in [-0.1, -0.05) is 49.1 Å². The molecule has 1 aromatic carbocycles. The van der Waals surface area contributed by atoms with E-state index in [-0.39, 0.29) is 18.0 Å². The molecular formula is C27H32N2O3. The van der Waals surface area contributed by atoms with Gasteiger partial charge in [-0.2, -0.15) is 0 Å². The van der Waals surface area contributed by atoms with E-state index >= 15 is 0 Å². The summed E-state index contributed by atoms with van der Waals surface area (Å²) in [6, 6.07) is 7.94. The number of allylic oxidation sites excluding steroid dienone is 5. The normalized spacial score (nSPS) is 15.7. The summed E-state index contributed by atoms with van der Waals surface area (Å²) in [6.07, 6.45) is 14.9. The molecule has 0 atom stereocenters. The molecule has 0 amide bonds. The average molecular weight is 433 g/mol. The summed E-state index contributed by atoms with van der Waals surface area (Å²) in [7, 11) is 0. The fourth-order valence-corrected chi connectivity index (χ4v) is 3.60. The van der Waals surface area contributed by atoms with Crippen LogP contribution in [0.4, 0.5) is 0 Å². The number of aromatic nitrogens is 1. The van der Waals surface area contributed by atoms with Crippen molar-refractivity contribution in [3.05, 3.63) is 78.6 Å². The molecule has 1 aliphatic heterocycles. The Morgan fingerprint density at radius 2 is 2.00 bits per heavy atom. The number of ether oxygens (including phenoxy) is 1. The molecule has 1 fully saturated rings. The van der Waals surface area contributed by atoms with Gasteiger partial charge >= 0.3 is 0 Å². The van der Waals surface area contributed by atoms with Gasteiger partial charge in [-0.05, 0) is 47.6 Å². The van der Waals surface area contributed by atoms with Crippen molar-refractivity contribution < 1.29 is 14.3 Å². The SMILES string of the molecule is C=C/C(=C\C=C\CCC(=O)CC(=O)/C=C/c1ccc2cc[nH]c2c1)CCN1CCOCC1. The molecule has 1 N–H and O–H groups in total. The Bertz CT molecular complexity index is 1010. The number of hydrogen-bond acceptors (Lipinski definition) is 4. The highest BCUT2D eigenvalue weighted by molar-refractivity contribution is 6.06. The molecular weight excluding hydrogens is 400 g/mol. The number of ketones is 2. The summed E-state index contributed by atoms with van der Waals surface area (Å²) in [5, 5.41) is 1.13. The van der Waals surface area contributed by atoms with Gasteiger partial charge in [-0.15, -0.1) is 0 Å². The van der Waals surface area contributed by atoms with Crippen molar-refractivity contribution in [3.8, 4) is 0 Å². The molecule has 0 bridgehead atoms. The number of carbonyl (C=O) groups is 2. The van der Waals surface area contributed by atoms with Crippen LogP contribution in [0, 0.1) is 0 Å². The number of aromatic amines is 1. The zero-order chi connectivity index (χ0) is 22.6. The van der Waals surface area contributed by atoms with Crippen molar-refractivity contribution >= 4 is 28.5 Å². The number of H-pyrrole nitrogens is 1. The maximum atomic E-state index is 12.1. The van der Waals surface area contributed by atoms with Crippen LogP contribution in [0.2, 0.25) is 0 Å². The summed E-state index contributed by atoms with van der Waals surface area (Å²) in [5.41, 5.74) is 3.14. The summed E-state index contributed by atoms with van der Waals surface area (Å²) in [6.45, 7) is 8.48. The van der Waals surface area contributed by atoms with Crippen LogP contribution >= 0.6 is 0 Å². The molecule has 1 aliphatic rings. The highest BCUT2D eigenvalue weighted by Gasteiger charge is 2.09. The van der Waals surface area contributed by atoms with Gasteiger partial charge < -0.3 is 9.72 Å². The number of nitrogens with one attached hydrogen (secondary N) is 1. The molecule has 0 saturated carbocycles. The van der Waals surface area contributed by atoms with Gasteiger partial charge in [-0.25, -0.2) is 0 Å². The lowest BCUT2D eigenvalue weighted by Gasteiger charge is -2.26. The summed E-state index contributed by atoms with van der Waals surface area (Å²) in [4.78, 5) is 29.7. The van der Waals surface area contributed by atoms with Crippen molar-refractivity contribution in [2.45, 2.75) is 25.7 Å². The van der Waals surface area contributed by atoms with Gasteiger partial charge in [0.2, 0.25) is 0 Å². The molecule has 5 heteroatoms. The van der Waals surface area contributed by atoms with Gasteiger partial charge in [-0.3, -0.25) is 14.5 Å². The van der Waals surface area contributed by atoms with Crippen molar-refractivity contribution in [1.82, 2.24) is 9.88 Å². The number of rotatable bonds is 12. The first-order valence-corrected chi connectivity index (χ1v) is 11.2. The molecule has 32 heavy (non-hydrogen) atoms. The Labute approximate surface area is 190 Å². The number of carbonyl (C=O) groups excluding carboxylic acids is 2. The van der Waals surface area contributed by atoms with E-state index < -0.39 is 0 Å². The fraction of sp³-hybridized carbons (Fsp3) is 0.333. The zero-order valence-corrected chi connectivity index (χ0v) is 18.6. The first-order chi connectivity index (χ1) is 15.6. The van der Waals surface area contributed by atoms with E-state index in [0.29, 0.717) is 12.8 Å². The lowest BCUT2D eigenvalue weighted by Crippen LogP contribution is -2.36. The van der Waals surface area contributed by atoms with Crippen LogP contribution in [0.1, 0.15) is 31.2 Å². The van der Waals surface area contributed by atoms with E-state index in [1.165, 1.54) is 11.6 Å². The smallest absolute Gasteiger partial charge is 0.163 e. The quantitative estimate of drug-likeness (QED) is 0.295. The van der Waals surface area contributed by atoms with Crippen LogP contribution in [-0.2, 0) is 14.3 Å². The lowest BCUT2D eigenvalue weighted by atomic mass is 10.1. The highest BCUT2D eigenvalue weighted by atomic mass is 16.5. The predicted molar refractivity (Wildman–Crippen MR) is 130 cm³/mol. The van der Waals surface area contributed by atoms with Crippen LogP contribution < -0.4 is 0 Å². The first kappa shape index (κ1) is 23.6. The average Bonchev–Trinajstić information content (AvgIpc) is 3.28. The van der Waals surface area contributed by atoms with Gasteiger partial charge in [0.15, 0.2) is 5.78 Å². The second-order valence-electron chi connectivity index (χ2n) is 7.96. The number of Topliss-reactive ketones (excluding diaryl/α,β-unsaturated/α-hetero) is 1. The largest absolute Gasteiger partial charge is 0.379 e. The van der Waals surface area contributed by atoms with Gasteiger partial charge in [0.25, 0.3) is 0 Å². The topological polar surface area (TPSA) is 62.4 Å². The minimum atomic E-state index is -0.164. The zero-order valence-electron chi connectivity index (χ0n) is 18.6. The number of benzene rings is 1. The van der Waals surface area contributed by atoms with Crippen LogP contribution in [0.5, 0.6) is 0 Å². The van der Waals surface area contributed by atoms with E-state index in [9.17, 15) is 9.59 Å². The molecule has 3 rings (SSSR count). The molecule has 168 valence electrons. The Hall–Kier alpha value is -3.02. The van der Waals surface area contributed by atoms with E-state index in [1.807, 2.05) is 54.8 Å². The van der Waals surface area contributed by atoms with E-state index in [2.05, 4.69) is 16.5 Å². The van der Waals surface area contributed by atoms with Gasteiger partial charge in [0, 0.05) is 37.8 Å². The van der Waals surface area contributed by atoms with Crippen molar-refractivity contribution in [1.29, 1.82) is 0 Å². The van der Waals surface area contributed by atoms with Crippen LogP contribution in [0.25, 0.3) is 17.0 Å². The summed E-state index contributed by atoms with van der Waals surface area (Å²) < 4.78 is 5.37. The third kappa shape index (κ3) is 7.91. The highest BCUT2D eigenvalue weighted by Crippen LogP contribution is 2.15. The standard InChI is InChI=1S/C27H32N2O3/c1-2-22(13-15-29-16-18-32-19-17-29)6-4-3-5-7-25(30)21-26(31)11-9-23-8-10-24-12-14-28-27(24)20-23/h2-4,6,8-12,14,20,28H,1,5,7,13,15-19,21H2/b4-3+,11-9+,22-6+. The minimum absolute atomic E-state index is 0.0376. The second-order valence-corrected chi connectivity index (χ2v) is 7.96. The fourth-order valence-electron chi connectivity index (χ4n) is 3.60. The number of morpholine rings is 1. The minimum Gasteiger partial charge on any atom is -0.379 e. The molecule has 1 saturated heterocycles. The molecule has 0 unspecified atom stereocenters. The molecule has 0 spiro atoms. The lowest BCUT2D eigenvalue weighted by molar-refractivity contribution is -0.124. The summed E-state index contributed by atoms with van der Waals surface area (Å²) in [5.74, 6) is -0.202. The molecule has 1 aromatic heterocycles. The molecule has 2 heterocycles. The maximum Gasteiger partial charge on any atom is 0.163 e. The Balaban J connectivity index is 1.35. The molecule has 5 nitrogen and oxygen atoms in total. The van der Waals surface area contributed by atoms with Crippen LogP contribution in [-0.4, -0.2) is 54.3 Å². The van der Waals surface area contributed by atoms with Gasteiger partial charge in [0.05, 0.1) is 19.6 Å². The van der Waals surface area contributed by atoms with E-state index in [4.69, 9.17) is 4.74 Å². The number of fused-ring (bicyclic) bond motifs is 1. The summed E-state index contributed by atoms with van der Waals surface area (Å²) >= 11 is 0. The maximum absolute atomic E-state index is 12.1. The van der Waals surface area contributed by atoms with Crippen molar-refractivity contribution in [3.63, 3.8) is 0 Å². The predicted octanol–water partition coefficient (Wildman–Crippen LogP) is 4.88. The van der Waals surface area contributed by atoms with E-state index in [1.54, 1.807) is 6.08 Å².